The Hall–Kier alpha value is -3.42. The number of aryl methyl sites for hydroxylation is 2. The molecule has 0 aliphatic carbocycles. The number of hydrogen-bond acceptors (Lipinski definition) is 5. The summed E-state index contributed by atoms with van der Waals surface area (Å²) in [5, 5.41) is 0.784. The van der Waals surface area contributed by atoms with Crippen LogP contribution in [0.5, 0.6) is 0 Å². The molecular weight excluding hydrogens is 350 g/mol. The van der Waals surface area contributed by atoms with Gasteiger partial charge in [0.25, 0.3) is 5.56 Å². The zero-order chi connectivity index (χ0) is 19.6. The SMILES string of the molecule is Cc1[nH]c(=O)[nH]c(=O)c1CCC(=O)OCC(=O)c1c(C)[nH]c2ccccc12. The first kappa shape index (κ1) is 18.4. The molecule has 0 atom stereocenters. The molecule has 140 valence electrons. The molecule has 0 amide bonds. The third-order valence-corrected chi connectivity index (χ3v) is 4.37. The van der Waals surface area contributed by atoms with Crippen molar-refractivity contribution < 1.29 is 14.3 Å². The molecule has 2 heterocycles. The van der Waals surface area contributed by atoms with Gasteiger partial charge in [-0.1, -0.05) is 18.2 Å². The molecule has 0 saturated carbocycles. The molecule has 1 aromatic carbocycles. The number of ether oxygens (including phenoxy) is 1. The van der Waals surface area contributed by atoms with Gasteiger partial charge in [0.1, 0.15) is 0 Å². The van der Waals surface area contributed by atoms with E-state index < -0.39 is 17.2 Å². The number of esters is 1. The Kier molecular flexibility index (Phi) is 5.07. The monoisotopic (exact) mass is 369 g/mol. The van der Waals surface area contributed by atoms with Crippen LogP contribution in [0.3, 0.4) is 0 Å². The van der Waals surface area contributed by atoms with Crippen molar-refractivity contribution >= 4 is 22.7 Å². The van der Waals surface area contributed by atoms with Crippen molar-refractivity contribution in [2.24, 2.45) is 0 Å². The van der Waals surface area contributed by atoms with Crippen molar-refractivity contribution in [3.63, 3.8) is 0 Å². The normalized spacial score (nSPS) is 10.9. The molecule has 0 bridgehead atoms. The lowest BCUT2D eigenvalue weighted by Crippen LogP contribution is -2.27. The first-order valence-corrected chi connectivity index (χ1v) is 8.45. The van der Waals surface area contributed by atoms with Crippen molar-refractivity contribution in [3.8, 4) is 0 Å². The molecule has 8 nitrogen and oxygen atoms in total. The maximum atomic E-state index is 12.5. The second-order valence-electron chi connectivity index (χ2n) is 6.27. The molecule has 3 aromatic rings. The highest BCUT2D eigenvalue weighted by molar-refractivity contribution is 6.10. The van der Waals surface area contributed by atoms with E-state index in [2.05, 4.69) is 15.0 Å². The molecule has 0 aliphatic rings. The lowest BCUT2D eigenvalue weighted by molar-refractivity contribution is -0.142. The second-order valence-corrected chi connectivity index (χ2v) is 6.27. The summed E-state index contributed by atoms with van der Waals surface area (Å²) in [4.78, 5) is 55.1. The fourth-order valence-electron chi connectivity index (χ4n) is 3.08. The van der Waals surface area contributed by atoms with Gasteiger partial charge in [0.2, 0.25) is 5.78 Å². The molecule has 8 heteroatoms. The molecule has 0 spiro atoms. The van der Waals surface area contributed by atoms with Crippen molar-refractivity contribution in [2.45, 2.75) is 26.7 Å². The van der Waals surface area contributed by atoms with Crippen LogP contribution in [0.2, 0.25) is 0 Å². The number of carbonyl (C=O) groups is 2. The Morgan fingerprint density at radius 2 is 1.74 bits per heavy atom. The molecular formula is C19H19N3O5. The Balaban J connectivity index is 1.62. The molecule has 27 heavy (non-hydrogen) atoms. The minimum atomic E-state index is -0.594. The average molecular weight is 369 g/mol. The molecule has 0 unspecified atom stereocenters. The number of aromatic nitrogens is 3. The Morgan fingerprint density at radius 3 is 2.48 bits per heavy atom. The maximum Gasteiger partial charge on any atom is 0.325 e. The van der Waals surface area contributed by atoms with Crippen LogP contribution in [0.1, 0.15) is 33.7 Å². The number of benzene rings is 1. The Morgan fingerprint density at radius 1 is 1.00 bits per heavy atom. The molecule has 0 fully saturated rings. The Labute approximate surface area is 153 Å². The highest BCUT2D eigenvalue weighted by atomic mass is 16.5. The van der Waals surface area contributed by atoms with Gasteiger partial charge < -0.3 is 14.7 Å². The average Bonchev–Trinajstić information content (AvgIpc) is 2.94. The quantitative estimate of drug-likeness (QED) is 0.449. The summed E-state index contributed by atoms with van der Waals surface area (Å²) < 4.78 is 5.07. The zero-order valence-electron chi connectivity index (χ0n) is 15.0. The number of nitrogens with one attached hydrogen (secondary N) is 3. The van der Waals surface area contributed by atoms with E-state index in [0.29, 0.717) is 22.5 Å². The van der Waals surface area contributed by atoms with Gasteiger partial charge in [0.05, 0.1) is 0 Å². The smallest absolute Gasteiger partial charge is 0.325 e. The third kappa shape index (κ3) is 3.89. The molecule has 0 saturated heterocycles. The molecule has 0 aliphatic heterocycles. The molecule has 2 aromatic heterocycles. The number of carbonyl (C=O) groups excluding carboxylic acids is 2. The molecule has 3 rings (SSSR count). The minimum Gasteiger partial charge on any atom is -0.457 e. The number of para-hydroxylation sites is 1. The van der Waals surface area contributed by atoms with E-state index in [0.717, 1.165) is 10.9 Å². The van der Waals surface area contributed by atoms with Crippen LogP contribution in [0, 0.1) is 13.8 Å². The van der Waals surface area contributed by atoms with Crippen molar-refractivity contribution in [1.29, 1.82) is 0 Å². The number of ketones is 1. The van der Waals surface area contributed by atoms with Crippen LogP contribution in [-0.2, 0) is 16.0 Å². The predicted molar refractivity (Wildman–Crippen MR) is 99.1 cm³/mol. The van der Waals surface area contributed by atoms with Gasteiger partial charge in [0.15, 0.2) is 6.61 Å². The van der Waals surface area contributed by atoms with Gasteiger partial charge in [-0.05, 0) is 26.3 Å². The first-order chi connectivity index (χ1) is 12.9. The Bertz CT molecular complexity index is 1140. The van der Waals surface area contributed by atoms with Crippen LogP contribution >= 0.6 is 0 Å². The van der Waals surface area contributed by atoms with Gasteiger partial charge in [-0.15, -0.1) is 0 Å². The maximum absolute atomic E-state index is 12.5. The standard InChI is InChI=1S/C19H19N3O5/c1-10-12(18(25)22-19(26)21-10)7-8-16(24)27-9-15(23)17-11(2)20-14-6-4-3-5-13(14)17/h3-6,20H,7-9H2,1-2H3,(H2,21,22,25,26). The molecule has 3 N–H and O–H groups in total. The molecule has 0 radical (unpaired) electrons. The van der Waals surface area contributed by atoms with E-state index in [1.807, 2.05) is 24.3 Å². The van der Waals surface area contributed by atoms with E-state index in [-0.39, 0.29) is 25.2 Å². The fraction of sp³-hybridized carbons (Fsp3) is 0.263. The number of hydrogen-bond donors (Lipinski definition) is 3. The van der Waals surface area contributed by atoms with Crippen LogP contribution in [0.15, 0.2) is 33.9 Å². The number of aromatic amines is 3. The highest BCUT2D eigenvalue weighted by Crippen LogP contribution is 2.22. The van der Waals surface area contributed by atoms with Crippen LogP contribution in [0.25, 0.3) is 10.9 Å². The number of fused-ring (bicyclic) bond motifs is 1. The number of Topliss-reactive ketones (excluding diaryl/α,β-unsaturated/α-hetero) is 1. The van der Waals surface area contributed by atoms with Crippen LogP contribution in [0.4, 0.5) is 0 Å². The zero-order valence-corrected chi connectivity index (χ0v) is 15.0. The summed E-state index contributed by atoms with van der Waals surface area (Å²) in [6.07, 6.45) is 0.0349. The van der Waals surface area contributed by atoms with E-state index in [1.165, 1.54) is 0 Å². The summed E-state index contributed by atoms with van der Waals surface area (Å²) in [6, 6.07) is 7.41. The van der Waals surface area contributed by atoms with E-state index >= 15 is 0 Å². The summed E-state index contributed by atoms with van der Waals surface area (Å²) in [5.74, 6) is -0.887. The second kappa shape index (κ2) is 7.45. The largest absolute Gasteiger partial charge is 0.457 e. The summed E-state index contributed by atoms with van der Waals surface area (Å²) >= 11 is 0. The fourth-order valence-corrected chi connectivity index (χ4v) is 3.08. The van der Waals surface area contributed by atoms with Crippen LogP contribution in [-0.4, -0.2) is 33.3 Å². The van der Waals surface area contributed by atoms with Crippen molar-refractivity contribution in [1.82, 2.24) is 15.0 Å². The topological polar surface area (TPSA) is 125 Å². The summed E-state index contributed by atoms with van der Waals surface area (Å²) in [5.41, 5.74) is 1.65. The number of rotatable bonds is 6. The van der Waals surface area contributed by atoms with Gasteiger partial charge in [0, 0.05) is 39.8 Å². The van der Waals surface area contributed by atoms with Gasteiger partial charge in [-0.2, -0.15) is 0 Å². The van der Waals surface area contributed by atoms with Crippen LogP contribution < -0.4 is 11.2 Å². The summed E-state index contributed by atoms with van der Waals surface area (Å²) in [7, 11) is 0. The van der Waals surface area contributed by atoms with E-state index in [9.17, 15) is 19.2 Å². The lowest BCUT2D eigenvalue weighted by Gasteiger charge is -2.06. The van der Waals surface area contributed by atoms with Crippen molar-refractivity contribution in [2.75, 3.05) is 6.61 Å². The van der Waals surface area contributed by atoms with Gasteiger partial charge in [-0.25, -0.2) is 4.79 Å². The summed E-state index contributed by atoms with van der Waals surface area (Å²) in [6.45, 7) is 3.00. The van der Waals surface area contributed by atoms with Gasteiger partial charge in [-0.3, -0.25) is 19.4 Å². The van der Waals surface area contributed by atoms with E-state index in [1.54, 1.807) is 13.8 Å². The van der Waals surface area contributed by atoms with Gasteiger partial charge >= 0.3 is 11.7 Å². The van der Waals surface area contributed by atoms with E-state index in [4.69, 9.17) is 4.74 Å². The third-order valence-electron chi connectivity index (χ3n) is 4.37. The first-order valence-electron chi connectivity index (χ1n) is 8.45. The minimum absolute atomic E-state index is 0.0733. The number of H-pyrrole nitrogens is 3. The lowest BCUT2D eigenvalue weighted by atomic mass is 10.1. The highest BCUT2D eigenvalue weighted by Gasteiger charge is 2.18. The predicted octanol–water partition coefficient (Wildman–Crippen LogP) is 1.52. The van der Waals surface area contributed by atoms with Crippen molar-refractivity contribution in [3.05, 3.63) is 67.6 Å².